The summed E-state index contributed by atoms with van der Waals surface area (Å²) < 4.78 is 4.69. The molecule has 0 saturated carbocycles. The molecule has 0 fully saturated rings. The van der Waals surface area contributed by atoms with Crippen LogP contribution in [0.4, 0.5) is 0 Å². The molecule has 0 aliphatic carbocycles. The highest BCUT2D eigenvalue weighted by Crippen LogP contribution is 2.25. The minimum atomic E-state index is -0.345. The zero-order chi connectivity index (χ0) is 15.8. The van der Waals surface area contributed by atoms with Crippen molar-refractivity contribution >= 4 is 12.3 Å². The van der Waals surface area contributed by atoms with Gasteiger partial charge in [-0.1, -0.05) is 42.5 Å². The minimum absolute atomic E-state index is 0.171. The predicted molar refractivity (Wildman–Crippen MR) is 86.0 cm³/mol. The maximum atomic E-state index is 11.5. The van der Waals surface area contributed by atoms with Crippen molar-refractivity contribution < 1.29 is 14.3 Å². The zero-order valence-electron chi connectivity index (χ0n) is 12.7. The molecule has 0 saturated heterocycles. The molecule has 0 N–H and O–H groups in total. The maximum Gasteiger partial charge on any atom is 0.337 e. The fourth-order valence-electron chi connectivity index (χ4n) is 2.53. The molecule has 0 aliphatic heterocycles. The molecule has 2 rings (SSSR count). The summed E-state index contributed by atoms with van der Waals surface area (Å²) >= 11 is 0. The molecule has 2 aromatic rings. The number of hydrogen-bond acceptors (Lipinski definition) is 3. The average Bonchev–Trinajstić information content (AvgIpc) is 2.59. The van der Waals surface area contributed by atoms with E-state index in [1.165, 1.54) is 12.7 Å². The van der Waals surface area contributed by atoms with Gasteiger partial charge in [0.25, 0.3) is 0 Å². The SMILES string of the molecule is COC(=O)c1ccc(C(CC=O)CCc2ccccc2)cc1. The van der Waals surface area contributed by atoms with Crippen molar-refractivity contribution in [2.45, 2.75) is 25.2 Å². The Balaban J connectivity index is 2.07. The van der Waals surface area contributed by atoms with E-state index in [1.807, 2.05) is 30.3 Å². The van der Waals surface area contributed by atoms with Gasteiger partial charge in [-0.3, -0.25) is 0 Å². The van der Waals surface area contributed by atoms with Gasteiger partial charge in [-0.25, -0.2) is 4.79 Å². The van der Waals surface area contributed by atoms with Crippen LogP contribution in [0.15, 0.2) is 54.6 Å². The van der Waals surface area contributed by atoms with E-state index in [0.717, 1.165) is 24.7 Å². The number of aryl methyl sites for hydroxylation is 1. The summed E-state index contributed by atoms with van der Waals surface area (Å²) in [6, 6.07) is 17.6. The summed E-state index contributed by atoms with van der Waals surface area (Å²) in [5, 5.41) is 0. The number of benzene rings is 2. The van der Waals surface area contributed by atoms with Crippen LogP contribution < -0.4 is 0 Å². The van der Waals surface area contributed by atoms with Gasteiger partial charge in [-0.2, -0.15) is 0 Å². The first kappa shape index (κ1) is 16.0. The fraction of sp³-hybridized carbons (Fsp3) is 0.263. The smallest absolute Gasteiger partial charge is 0.337 e. The Bertz CT molecular complexity index is 602. The Kier molecular flexibility index (Phi) is 5.90. The second-order valence-corrected chi connectivity index (χ2v) is 5.24. The van der Waals surface area contributed by atoms with Gasteiger partial charge >= 0.3 is 5.97 Å². The molecule has 0 spiro atoms. The van der Waals surface area contributed by atoms with Crippen LogP contribution in [-0.2, 0) is 16.0 Å². The first-order valence-corrected chi connectivity index (χ1v) is 7.40. The lowest BCUT2D eigenvalue weighted by Gasteiger charge is -2.15. The van der Waals surface area contributed by atoms with Crippen LogP contribution >= 0.6 is 0 Å². The number of methoxy groups -OCH3 is 1. The lowest BCUT2D eigenvalue weighted by atomic mass is 9.89. The molecular weight excluding hydrogens is 276 g/mol. The molecule has 22 heavy (non-hydrogen) atoms. The van der Waals surface area contributed by atoms with Crippen LogP contribution in [0.1, 0.15) is 40.2 Å². The Hall–Kier alpha value is -2.42. The van der Waals surface area contributed by atoms with Gasteiger partial charge < -0.3 is 9.53 Å². The average molecular weight is 296 g/mol. The van der Waals surface area contributed by atoms with E-state index in [1.54, 1.807) is 12.1 Å². The Morgan fingerprint density at radius 2 is 1.77 bits per heavy atom. The maximum absolute atomic E-state index is 11.5. The van der Waals surface area contributed by atoms with Crippen LogP contribution in [0, 0.1) is 0 Å². The fourth-order valence-corrected chi connectivity index (χ4v) is 2.53. The van der Waals surface area contributed by atoms with E-state index in [-0.39, 0.29) is 11.9 Å². The third-order valence-corrected chi connectivity index (χ3v) is 3.81. The standard InChI is InChI=1S/C19H20O3/c1-22-19(21)18-11-9-16(10-12-18)17(13-14-20)8-7-15-5-3-2-4-6-15/h2-6,9-12,14,17H,7-8,13H2,1H3. The normalized spacial score (nSPS) is 11.7. The Morgan fingerprint density at radius 3 is 2.36 bits per heavy atom. The summed E-state index contributed by atoms with van der Waals surface area (Å²) in [6.45, 7) is 0. The molecule has 0 aliphatic rings. The summed E-state index contributed by atoms with van der Waals surface area (Å²) in [7, 11) is 1.37. The van der Waals surface area contributed by atoms with E-state index >= 15 is 0 Å². The number of carbonyl (C=O) groups is 2. The molecule has 0 bridgehead atoms. The molecule has 0 aromatic heterocycles. The molecule has 114 valence electrons. The van der Waals surface area contributed by atoms with E-state index in [0.29, 0.717) is 12.0 Å². The molecule has 2 aromatic carbocycles. The highest BCUT2D eigenvalue weighted by Gasteiger charge is 2.13. The number of esters is 1. The molecule has 1 atom stereocenters. The lowest BCUT2D eigenvalue weighted by molar-refractivity contribution is -0.108. The van der Waals surface area contributed by atoms with E-state index < -0.39 is 0 Å². The molecule has 0 heterocycles. The van der Waals surface area contributed by atoms with Crippen LogP contribution in [-0.4, -0.2) is 19.4 Å². The Labute approximate surface area is 130 Å². The summed E-state index contributed by atoms with van der Waals surface area (Å²) in [5.41, 5.74) is 2.87. The van der Waals surface area contributed by atoms with Crippen molar-refractivity contribution in [2.75, 3.05) is 7.11 Å². The zero-order valence-corrected chi connectivity index (χ0v) is 12.7. The van der Waals surface area contributed by atoms with Gasteiger partial charge in [0.05, 0.1) is 12.7 Å². The van der Waals surface area contributed by atoms with Crippen molar-refractivity contribution in [3.05, 3.63) is 71.3 Å². The summed E-state index contributed by atoms with van der Waals surface area (Å²) in [5.74, 6) is -0.174. The molecule has 0 radical (unpaired) electrons. The van der Waals surface area contributed by atoms with Crippen LogP contribution in [0.2, 0.25) is 0 Å². The number of hydrogen-bond donors (Lipinski definition) is 0. The topological polar surface area (TPSA) is 43.4 Å². The van der Waals surface area contributed by atoms with E-state index in [9.17, 15) is 9.59 Å². The van der Waals surface area contributed by atoms with Gasteiger partial charge in [0.15, 0.2) is 0 Å². The summed E-state index contributed by atoms with van der Waals surface area (Å²) in [6.07, 6.45) is 3.28. The molecule has 3 nitrogen and oxygen atoms in total. The van der Waals surface area contributed by atoms with Gasteiger partial charge in [-0.05, 0) is 42.0 Å². The van der Waals surface area contributed by atoms with Gasteiger partial charge in [0.2, 0.25) is 0 Å². The Morgan fingerprint density at radius 1 is 1.09 bits per heavy atom. The van der Waals surface area contributed by atoms with E-state index in [2.05, 4.69) is 12.1 Å². The monoisotopic (exact) mass is 296 g/mol. The minimum Gasteiger partial charge on any atom is -0.465 e. The number of ether oxygens (including phenoxy) is 1. The number of carbonyl (C=O) groups excluding carboxylic acids is 2. The third kappa shape index (κ3) is 4.29. The quantitative estimate of drug-likeness (QED) is 0.577. The lowest BCUT2D eigenvalue weighted by Crippen LogP contribution is -2.04. The number of aldehydes is 1. The third-order valence-electron chi connectivity index (χ3n) is 3.81. The van der Waals surface area contributed by atoms with Crippen LogP contribution in [0.5, 0.6) is 0 Å². The predicted octanol–water partition coefficient (Wildman–Crippen LogP) is 3.78. The molecular formula is C19H20O3. The largest absolute Gasteiger partial charge is 0.465 e. The van der Waals surface area contributed by atoms with Crippen LogP contribution in [0.3, 0.4) is 0 Å². The second kappa shape index (κ2) is 8.13. The molecule has 3 heteroatoms. The van der Waals surface area contributed by atoms with Crippen molar-refractivity contribution in [1.29, 1.82) is 0 Å². The first-order chi connectivity index (χ1) is 10.7. The first-order valence-electron chi connectivity index (χ1n) is 7.40. The molecule has 1 unspecified atom stereocenters. The van der Waals surface area contributed by atoms with Crippen molar-refractivity contribution in [3.8, 4) is 0 Å². The summed E-state index contributed by atoms with van der Waals surface area (Å²) in [4.78, 5) is 22.4. The van der Waals surface area contributed by atoms with E-state index in [4.69, 9.17) is 4.74 Å². The highest BCUT2D eigenvalue weighted by atomic mass is 16.5. The van der Waals surface area contributed by atoms with Gasteiger partial charge in [-0.15, -0.1) is 0 Å². The molecule has 0 amide bonds. The number of rotatable bonds is 7. The van der Waals surface area contributed by atoms with Crippen LogP contribution in [0.25, 0.3) is 0 Å². The highest BCUT2D eigenvalue weighted by molar-refractivity contribution is 5.89. The second-order valence-electron chi connectivity index (χ2n) is 5.24. The van der Waals surface area contributed by atoms with Crippen molar-refractivity contribution in [2.24, 2.45) is 0 Å². The van der Waals surface area contributed by atoms with Gasteiger partial charge in [0.1, 0.15) is 6.29 Å². The van der Waals surface area contributed by atoms with Crippen molar-refractivity contribution in [1.82, 2.24) is 0 Å². The van der Waals surface area contributed by atoms with Crippen molar-refractivity contribution in [3.63, 3.8) is 0 Å². The van der Waals surface area contributed by atoms with Gasteiger partial charge in [0, 0.05) is 6.42 Å².